The van der Waals surface area contributed by atoms with Crippen LogP contribution in [0, 0.1) is 0 Å². The first-order chi connectivity index (χ1) is 6.20. The van der Waals surface area contributed by atoms with Gasteiger partial charge in [-0.2, -0.15) is 0 Å². The second-order valence-electron chi connectivity index (χ2n) is 2.73. The number of carboxylic acids is 2. The van der Waals surface area contributed by atoms with Crippen LogP contribution in [-0.4, -0.2) is 45.4 Å². The number of aliphatic hydroxyl groups is 1. The molecule has 0 saturated heterocycles. The summed E-state index contributed by atoms with van der Waals surface area (Å²) in [6, 6.07) is -1.89. The van der Waals surface area contributed by atoms with Crippen LogP contribution in [0.4, 0.5) is 0 Å². The molecule has 0 aliphatic rings. The summed E-state index contributed by atoms with van der Waals surface area (Å²) in [5.41, 5.74) is 9.75. The number of aliphatic carboxylic acids is 2. The van der Waals surface area contributed by atoms with Crippen molar-refractivity contribution in [2.24, 2.45) is 11.5 Å². The first kappa shape index (κ1) is 15.3. The quantitative estimate of drug-likeness (QED) is 0.367. The Morgan fingerprint density at radius 3 is 1.36 bits per heavy atom. The van der Waals surface area contributed by atoms with E-state index in [2.05, 4.69) is 0 Å². The van der Waals surface area contributed by atoms with Gasteiger partial charge in [-0.25, -0.2) is 0 Å². The molecular formula is C7H16N2O5. The van der Waals surface area contributed by atoms with Crippen LogP contribution < -0.4 is 11.5 Å². The van der Waals surface area contributed by atoms with Crippen molar-refractivity contribution in [1.82, 2.24) is 0 Å². The third-order valence-corrected chi connectivity index (χ3v) is 1.19. The van der Waals surface area contributed by atoms with Crippen molar-refractivity contribution in [2.75, 3.05) is 0 Å². The minimum Gasteiger partial charge on any atom is -0.480 e. The molecule has 7 nitrogen and oxygen atoms in total. The van der Waals surface area contributed by atoms with Crippen molar-refractivity contribution >= 4 is 11.9 Å². The van der Waals surface area contributed by atoms with Crippen molar-refractivity contribution in [3.63, 3.8) is 0 Å². The van der Waals surface area contributed by atoms with Gasteiger partial charge in [0.1, 0.15) is 12.1 Å². The third-order valence-electron chi connectivity index (χ3n) is 1.19. The van der Waals surface area contributed by atoms with Gasteiger partial charge in [0.2, 0.25) is 0 Å². The van der Waals surface area contributed by atoms with Gasteiger partial charge in [0.15, 0.2) is 0 Å². The second kappa shape index (κ2) is 7.25. The maximum absolute atomic E-state index is 9.86. The fourth-order valence-corrected chi connectivity index (χ4v) is 0.206. The Morgan fingerprint density at radius 2 is 1.36 bits per heavy atom. The number of hydrogen-bond donors (Lipinski definition) is 5. The van der Waals surface area contributed by atoms with Crippen molar-refractivity contribution in [1.29, 1.82) is 0 Å². The fraction of sp³-hybridized carbons (Fsp3) is 0.714. The standard InChI is InChI=1S/C4H9NO3.C3H7NO2/c1-2(6)3(5)4(7)8;1-2(4)3(5)6/h2-3,6H,5H2,1H3,(H,7,8);2H,4H2,1H3,(H,5,6). The normalized spacial score (nSPS) is 15.8. The smallest absolute Gasteiger partial charge is 0.323 e. The summed E-state index contributed by atoms with van der Waals surface area (Å²) in [5.74, 6) is -2.14. The van der Waals surface area contributed by atoms with Gasteiger partial charge in [-0.05, 0) is 13.8 Å². The molecule has 7 heteroatoms. The van der Waals surface area contributed by atoms with Gasteiger partial charge >= 0.3 is 11.9 Å². The molecule has 0 radical (unpaired) electrons. The summed E-state index contributed by atoms with van der Waals surface area (Å²) in [4.78, 5) is 19.4. The van der Waals surface area contributed by atoms with Gasteiger partial charge in [0, 0.05) is 0 Å². The first-order valence-electron chi connectivity index (χ1n) is 3.85. The van der Waals surface area contributed by atoms with E-state index >= 15 is 0 Å². The van der Waals surface area contributed by atoms with Crippen LogP contribution in [0.5, 0.6) is 0 Å². The molecule has 0 spiro atoms. The van der Waals surface area contributed by atoms with E-state index < -0.39 is 30.1 Å². The molecule has 0 saturated carbocycles. The maximum Gasteiger partial charge on any atom is 0.323 e. The zero-order valence-corrected chi connectivity index (χ0v) is 8.04. The Morgan fingerprint density at radius 1 is 1.07 bits per heavy atom. The molecule has 0 aliphatic heterocycles. The minimum atomic E-state index is -1.18. The lowest BCUT2D eigenvalue weighted by Gasteiger charge is -2.06. The molecule has 0 aromatic carbocycles. The summed E-state index contributed by atoms with van der Waals surface area (Å²) in [6.45, 7) is 2.75. The predicted octanol–water partition coefficient (Wildman–Crippen LogP) is -1.80. The zero-order valence-electron chi connectivity index (χ0n) is 8.04. The van der Waals surface area contributed by atoms with E-state index in [9.17, 15) is 9.59 Å². The highest BCUT2D eigenvalue weighted by Gasteiger charge is 2.16. The lowest BCUT2D eigenvalue weighted by molar-refractivity contribution is -0.141. The first-order valence-corrected chi connectivity index (χ1v) is 3.85. The fourth-order valence-electron chi connectivity index (χ4n) is 0.206. The molecule has 0 heterocycles. The molecule has 84 valence electrons. The Balaban J connectivity index is 0. The number of aliphatic hydroxyl groups excluding tert-OH is 1. The number of carboxylic acid groups (broad SMARTS) is 2. The van der Waals surface area contributed by atoms with E-state index in [1.807, 2.05) is 0 Å². The average Bonchev–Trinajstić information content (AvgIpc) is 2.03. The largest absolute Gasteiger partial charge is 0.480 e. The van der Waals surface area contributed by atoms with Crippen LogP contribution in [0.1, 0.15) is 13.8 Å². The van der Waals surface area contributed by atoms with Gasteiger partial charge in [0.05, 0.1) is 6.10 Å². The maximum atomic E-state index is 9.86. The minimum absolute atomic E-state index is 0.731. The van der Waals surface area contributed by atoms with E-state index in [-0.39, 0.29) is 0 Å². The van der Waals surface area contributed by atoms with E-state index in [0.29, 0.717) is 0 Å². The summed E-state index contributed by atoms with van der Waals surface area (Å²) in [7, 11) is 0. The Hall–Kier alpha value is -1.18. The molecule has 3 atom stereocenters. The van der Waals surface area contributed by atoms with E-state index in [1.165, 1.54) is 13.8 Å². The van der Waals surface area contributed by atoms with Crippen LogP contribution in [0.15, 0.2) is 0 Å². The van der Waals surface area contributed by atoms with E-state index in [0.717, 1.165) is 0 Å². The Labute approximate surface area is 81.3 Å². The lowest BCUT2D eigenvalue weighted by Crippen LogP contribution is -2.39. The lowest BCUT2D eigenvalue weighted by atomic mass is 10.2. The molecule has 0 rings (SSSR count). The number of carbonyl (C=O) groups is 2. The van der Waals surface area contributed by atoms with Crippen LogP contribution in [-0.2, 0) is 9.59 Å². The van der Waals surface area contributed by atoms with Gasteiger partial charge < -0.3 is 26.8 Å². The average molecular weight is 208 g/mol. The van der Waals surface area contributed by atoms with Crippen LogP contribution in [0.25, 0.3) is 0 Å². The molecule has 3 unspecified atom stereocenters. The van der Waals surface area contributed by atoms with Crippen LogP contribution >= 0.6 is 0 Å². The van der Waals surface area contributed by atoms with E-state index in [4.69, 9.17) is 26.8 Å². The number of nitrogens with two attached hydrogens (primary N) is 2. The van der Waals surface area contributed by atoms with E-state index in [1.54, 1.807) is 0 Å². The van der Waals surface area contributed by atoms with Gasteiger partial charge in [-0.1, -0.05) is 0 Å². The molecule has 0 aliphatic carbocycles. The Kier molecular flexibility index (Phi) is 7.92. The highest BCUT2D eigenvalue weighted by atomic mass is 16.4. The predicted molar refractivity (Wildman–Crippen MR) is 48.6 cm³/mol. The molecule has 0 aromatic rings. The van der Waals surface area contributed by atoms with Gasteiger partial charge in [-0.3, -0.25) is 9.59 Å². The SMILES string of the molecule is CC(N)C(=O)O.CC(O)C(N)C(=O)O. The van der Waals surface area contributed by atoms with Gasteiger partial charge in [0.25, 0.3) is 0 Å². The molecule has 0 aromatic heterocycles. The molecule has 0 bridgehead atoms. The summed E-state index contributed by atoms with van der Waals surface area (Å²) in [6.07, 6.45) is -0.979. The van der Waals surface area contributed by atoms with Crippen LogP contribution in [0.2, 0.25) is 0 Å². The second-order valence-corrected chi connectivity index (χ2v) is 2.73. The Bertz CT molecular complexity index is 193. The molecule has 7 N–H and O–H groups in total. The monoisotopic (exact) mass is 208 g/mol. The highest BCUT2D eigenvalue weighted by Crippen LogP contribution is 1.85. The number of hydrogen-bond acceptors (Lipinski definition) is 5. The highest BCUT2D eigenvalue weighted by molar-refractivity contribution is 5.73. The van der Waals surface area contributed by atoms with Crippen molar-refractivity contribution in [3.8, 4) is 0 Å². The summed E-state index contributed by atoms with van der Waals surface area (Å²) >= 11 is 0. The van der Waals surface area contributed by atoms with Crippen molar-refractivity contribution in [2.45, 2.75) is 32.0 Å². The molecular weight excluding hydrogens is 192 g/mol. The van der Waals surface area contributed by atoms with Crippen LogP contribution in [0.3, 0.4) is 0 Å². The third kappa shape index (κ3) is 8.91. The molecule has 14 heavy (non-hydrogen) atoms. The zero-order chi connectivity index (χ0) is 11.9. The topological polar surface area (TPSA) is 147 Å². The summed E-state index contributed by atoms with van der Waals surface area (Å²) in [5, 5.41) is 24.4. The molecule has 0 amide bonds. The van der Waals surface area contributed by atoms with Gasteiger partial charge in [-0.15, -0.1) is 0 Å². The van der Waals surface area contributed by atoms with Crippen molar-refractivity contribution in [3.05, 3.63) is 0 Å². The molecule has 0 fully saturated rings. The van der Waals surface area contributed by atoms with Crippen molar-refractivity contribution < 1.29 is 24.9 Å². The number of rotatable bonds is 3. The summed E-state index contributed by atoms with van der Waals surface area (Å²) < 4.78 is 0.